The third-order valence-electron chi connectivity index (χ3n) is 9.08. The first-order valence-electron chi connectivity index (χ1n) is 12.4. The Morgan fingerprint density at radius 1 is 1.17 bits per heavy atom. The molecule has 4 rings (SSSR count). The van der Waals surface area contributed by atoms with Crippen molar-refractivity contribution in [1.82, 2.24) is 4.90 Å². The Labute approximate surface area is 183 Å². The van der Waals surface area contributed by atoms with E-state index in [1.54, 1.807) is 5.57 Å². The highest BCUT2D eigenvalue weighted by molar-refractivity contribution is 5.29. The van der Waals surface area contributed by atoms with Crippen LogP contribution in [0.1, 0.15) is 72.1 Å². The molecule has 3 nitrogen and oxygen atoms in total. The van der Waals surface area contributed by atoms with Crippen LogP contribution >= 0.6 is 0 Å². The molecule has 3 heteroatoms. The van der Waals surface area contributed by atoms with Crippen molar-refractivity contribution in [2.45, 2.75) is 84.3 Å². The molecule has 4 fully saturated rings. The lowest BCUT2D eigenvalue weighted by Crippen LogP contribution is -2.39. The first-order valence-corrected chi connectivity index (χ1v) is 12.4. The summed E-state index contributed by atoms with van der Waals surface area (Å²) in [6.07, 6.45) is 12.6. The first-order chi connectivity index (χ1) is 14.3. The van der Waals surface area contributed by atoms with Crippen LogP contribution in [-0.2, 0) is 0 Å². The number of aliphatic hydroxyl groups excluding tert-OH is 2. The van der Waals surface area contributed by atoms with Gasteiger partial charge in [-0.2, -0.15) is 0 Å². The first kappa shape index (κ1) is 22.3. The molecule has 0 aromatic heterocycles. The van der Waals surface area contributed by atoms with Gasteiger partial charge in [0.25, 0.3) is 0 Å². The monoisotopic (exact) mass is 413 g/mol. The number of likely N-dealkylation sites (tertiary alicyclic amines) is 1. The molecule has 0 bridgehead atoms. The molecule has 0 amide bonds. The summed E-state index contributed by atoms with van der Waals surface area (Å²) in [6, 6.07) is 0. The summed E-state index contributed by atoms with van der Waals surface area (Å²) in [5, 5.41) is 20.3. The van der Waals surface area contributed by atoms with E-state index in [0.29, 0.717) is 29.7 Å². The van der Waals surface area contributed by atoms with Gasteiger partial charge < -0.3 is 15.1 Å². The molecule has 168 valence electrons. The summed E-state index contributed by atoms with van der Waals surface area (Å²) >= 11 is 0. The van der Waals surface area contributed by atoms with Gasteiger partial charge in [0.05, 0.1) is 12.2 Å². The van der Waals surface area contributed by atoms with Gasteiger partial charge in [-0.1, -0.05) is 50.6 Å². The van der Waals surface area contributed by atoms with E-state index in [1.165, 1.54) is 58.2 Å². The van der Waals surface area contributed by atoms with Crippen molar-refractivity contribution in [3.63, 3.8) is 0 Å². The zero-order chi connectivity index (χ0) is 21.5. The summed E-state index contributed by atoms with van der Waals surface area (Å²) in [4.78, 5) is 2.71. The highest BCUT2D eigenvalue weighted by atomic mass is 16.3. The molecule has 3 saturated carbocycles. The molecule has 0 aromatic carbocycles. The summed E-state index contributed by atoms with van der Waals surface area (Å²) in [5.41, 5.74) is 3.79. The molecule has 7 atom stereocenters. The molecule has 4 aliphatic rings. The van der Waals surface area contributed by atoms with Gasteiger partial charge in [-0.25, -0.2) is 0 Å². The predicted octanol–water partition coefficient (Wildman–Crippen LogP) is 5.11. The summed E-state index contributed by atoms with van der Waals surface area (Å²) in [5.74, 6) is 3.19. The van der Waals surface area contributed by atoms with Crippen molar-refractivity contribution in [2.75, 3.05) is 19.6 Å². The SMILES string of the molecule is C=C1[C@H](O)CC(=C/C=C2\CCC[C@]3(C)[C@@H](C(C)CN4CC[C@H](C)C4)CC[C@@H]23)C[C@H]1O. The van der Waals surface area contributed by atoms with E-state index in [-0.39, 0.29) is 0 Å². The van der Waals surface area contributed by atoms with Crippen LogP contribution in [0.3, 0.4) is 0 Å². The summed E-state index contributed by atoms with van der Waals surface area (Å²) < 4.78 is 0. The van der Waals surface area contributed by atoms with Gasteiger partial charge in [0.1, 0.15) is 0 Å². The molecule has 2 N–H and O–H groups in total. The molecule has 30 heavy (non-hydrogen) atoms. The Morgan fingerprint density at radius 2 is 1.90 bits per heavy atom. The average molecular weight is 414 g/mol. The van der Waals surface area contributed by atoms with Crippen LogP contribution in [0.2, 0.25) is 0 Å². The van der Waals surface area contributed by atoms with Gasteiger partial charge in [-0.3, -0.25) is 0 Å². The standard InChI is InChI=1S/C27H43NO2/c1-18-11-13-28(16-18)17-19(2)23-9-10-24-22(6-5-12-27(23,24)4)8-7-21-14-25(29)20(3)26(30)15-21/h7-8,18-19,23-26,29-30H,3,5-6,9-17H2,1-2,4H3/b22-8+/t18-,19?,23+,24-,25+,26+,27+/m0/s1. The van der Waals surface area contributed by atoms with Gasteiger partial charge in [0, 0.05) is 13.1 Å². The number of nitrogens with zero attached hydrogens (tertiary/aromatic N) is 1. The minimum atomic E-state index is -0.597. The van der Waals surface area contributed by atoms with Gasteiger partial charge in [0.2, 0.25) is 0 Å². The van der Waals surface area contributed by atoms with Gasteiger partial charge in [-0.15, -0.1) is 0 Å². The largest absolute Gasteiger partial charge is 0.388 e. The quantitative estimate of drug-likeness (QED) is 0.630. The van der Waals surface area contributed by atoms with Crippen LogP contribution in [0.5, 0.6) is 0 Å². The summed E-state index contributed by atoms with van der Waals surface area (Å²) in [6.45, 7) is 15.2. The maximum absolute atomic E-state index is 10.2. The third kappa shape index (κ3) is 4.36. The van der Waals surface area contributed by atoms with Crippen molar-refractivity contribution in [2.24, 2.45) is 29.1 Å². The molecule has 0 aromatic rings. The topological polar surface area (TPSA) is 43.7 Å². The lowest BCUT2D eigenvalue weighted by molar-refractivity contribution is 0.0818. The zero-order valence-electron chi connectivity index (χ0n) is 19.4. The van der Waals surface area contributed by atoms with E-state index < -0.39 is 12.2 Å². The normalized spacial score (nSPS) is 42.6. The maximum Gasteiger partial charge on any atom is 0.0809 e. The van der Waals surface area contributed by atoms with E-state index >= 15 is 0 Å². The van der Waals surface area contributed by atoms with Crippen molar-refractivity contribution < 1.29 is 10.2 Å². The minimum absolute atomic E-state index is 0.438. The van der Waals surface area contributed by atoms with Crippen LogP contribution in [-0.4, -0.2) is 47.0 Å². The number of aliphatic hydroxyl groups is 2. The van der Waals surface area contributed by atoms with E-state index in [9.17, 15) is 10.2 Å². The molecule has 0 radical (unpaired) electrons. The minimum Gasteiger partial charge on any atom is -0.388 e. The molecule has 1 unspecified atom stereocenters. The van der Waals surface area contributed by atoms with E-state index in [1.807, 2.05) is 0 Å². The molecule has 1 aliphatic heterocycles. The van der Waals surface area contributed by atoms with Gasteiger partial charge in [-0.05, 0) is 92.6 Å². The Bertz CT molecular complexity index is 694. The lowest BCUT2D eigenvalue weighted by Gasteiger charge is -2.45. The van der Waals surface area contributed by atoms with Crippen LogP contribution in [0.15, 0.2) is 35.5 Å². The van der Waals surface area contributed by atoms with Crippen molar-refractivity contribution in [3.05, 3.63) is 35.5 Å². The molecule has 1 heterocycles. The Morgan fingerprint density at radius 3 is 2.57 bits per heavy atom. The number of hydrogen-bond donors (Lipinski definition) is 2. The smallest absolute Gasteiger partial charge is 0.0809 e. The number of fused-ring (bicyclic) bond motifs is 1. The predicted molar refractivity (Wildman–Crippen MR) is 124 cm³/mol. The molecular formula is C27H43NO2. The number of rotatable bonds is 4. The number of hydrogen-bond acceptors (Lipinski definition) is 3. The molecule has 3 aliphatic carbocycles. The second kappa shape index (κ2) is 8.92. The molecule has 1 saturated heterocycles. The maximum atomic E-state index is 10.2. The van der Waals surface area contributed by atoms with Gasteiger partial charge in [0.15, 0.2) is 0 Å². The highest BCUT2D eigenvalue weighted by Crippen LogP contribution is 2.59. The third-order valence-corrected chi connectivity index (χ3v) is 9.08. The Hall–Kier alpha value is -0.900. The van der Waals surface area contributed by atoms with E-state index in [0.717, 1.165) is 23.3 Å². The van der Waals surface area contributed by atoms with Crippen molar-refractivity contribution in [3.8, 4) is 0 Å². The zero-order valence-corrected chi connectivity index (χ0v) is 19.4. The molecular weight excluding hydrogens is 370 g/mol. The van der Waals surface area contributed by atoms with E-state index in [4.69, 9.17) is 0 Å². The average Bonchev–Trinajstić information content (AvgIpc) is 3.26. The Balaban J connectivity index is 1.45. The fraction of sp³-hybridized carbons (Fsp3) is 0.778. The second-order valence-corrected chi connectivity index (χ2v) is 11.3. The fourth-order valence-electron chi connectivity index (χ4n) is 7.37. The van der Waals surface area contributed by atoms with Crippen LogP contribution < -0.4 is 0 Å². The lowest BCUT2D eigenvalue weighted by atomic mass is 9.61. The Kier molecular flexibility index (Phi) is 6.63. The second-order valence-electron chi connectivity index (χ2n) is 11.3. The van der Waals surface area contributed by atoms with Crippen LogP contribution in [0, 0.1) is 29.1 Å². The van der Waals surface area contributed by atoms with Crippen LogP contribution in [0.25, 0.3) is 0 Å². The van der Waals surface area contributed by atoms with Crippen LogP contribution in [0.4, 0.5) is 0 Å². The van der Waals surface area contributed by atoms with E-state index in [2.05, 4.69) is 44.4 Å². The highest BCUT2D eigenvalue weighted by Gasteiger charge is 2.50. The molecule has 0 spiro atoms. The number of allylic oxidation sites excluding steroid dienone is 3. The summed E-state index contributed by atoms with van der Waals surface area (Å²) in [7, 11) is 0. The fourth-order valence-corrected chi connectivity index (χ4v) is 7.37. The van der Waals surface area contributed by atoms with Crippen molar-refractivity contribution in [1.29, 1.82) is 0 Å². The van der Waals surface area contributed by atoms with Crippen molar-refractivity contribution >= 4 is 0 Å². The van der Waals surface area contributed by atoms with Gasteiger partial charge >= 0.3 is 0 Å².